The molecular weight excluding hydrogens is 257 g/mol. The highest BCUT2D eigenvalue weighted by atomic mass is 19.1. The summed E-state index contributed by atoms with van der Waals surface area (Å²) in [6.07, 6.45) is 3.41. The molecule has 4 heteroatoms. The Morgan fingerprint density at radius 2 is 2.20 bits per heavy atom. The summed E-state index contributed by atoms with van der Waals surface area (Å²) in [6, 6.07) is 6.05. The van der Waals surface area contributed by atoms with Crippen LogP contribution in [0.3, 0.4) is 0 Å². The van der Waals surface area contributed by atoms with Crippen LogP contribution in [0, 0.1) is 17.7 Å². The molecule has 0 spiro atoms. The SMILES string of the molecule is CC1CCCC(NC(=O)COc2cccc(F)c2)C1C. The maximum absolute atomic E-state index is 13.0. The monoisotopic (exact) mass is 279 g/mol. The Hall–Kier alpha value is -1.58. The molecule has 1 N–H and O–H groups in total. The number of hydrogen-bond donors (Lipinski definition) is 1. The number of hydrogen-bond acceptors (Lipinski definition) is 2. The van der Waals surface area contributed by atoms with Gasteiger partial charge >= 0.3 is 0 Å². The van der Waals surface area contributed by atoms with Crippen LogP contribution in [0.2, 0.25) is 0 Å². The molecule has 1 fully saturated rings. The maximum atomic E-state index is 13.0. The van der Waals surface area contributed by atoms with E-state index in [0.717, 1.165) is 12.8 Å². The molecule has 3 nitrogen and oxygen atoms in total. The van der Waals surface area contributed by atoms with E-state index in [1.165, 1.54) is 18.6 Å². The van der Waals surface area contributed by atoms with Gasteiger partial charge in [0.15, 0.2) is 6.61 Å². The summed E-state index contributed by atoms with van der Waals surface area (Å²) in [5.41, 5.74) is 0. The Morgan fingerprint density at radius 1 is 1.40 bits per heavy atom. The molecule has 0 aromatic heterocycles. The molecule has 1 saturated carbocycles. The van der Waals surface area contributed by atoms with Crippen molar-refractivity contribution in [3.8, 4) is 5.75 Å². The third kappa shape index (κ3) is 3.95. The van der Waals surface area contributed by atoms with Gasteiger partial charge in [-0.1, -0.05) is 32.8 Å². The zero-order chi connectivity index (χ0) is 14.5. The van der Waals surface area contributed by atoms with Gasteiger partial charge in [0, 0.05) is 12.1 Å². The fourth-order valence-electron chi connectivity index (χ4n) is 2.74. The van der Waals surface area contributed by atoms with Crippen molar-refractivity contribution in [2.75, 3.05) is 6.61 Å². The minimum atomic E-state index is -0.363. The van der Waals surface area contributed by atoms with Gasteiger partial charge in [0.2, 0.25) is 0 Å². The van der Waals surface area contributed by atoms with Gasteiger partial charge in [-0.25, -0.2) is 4.39 Å². The van der Waals surface area contributed by atoms with Crippen LogP contribution in [0.15, 0.2) is 24.3 Å². The molecule has 3 atom stereocenters. The zero-order valence-corrected chi connectivity index (χ0v) is 12.1. The van der Waals surface area contributed by atoms with Crippen LogP contribution < -0.4 is 10.1 Å². The quantitative estimate of drug-likeness (QED) is 0.919. The molecule has 3 unspecified atom stereocenters. The molecule has 1 amide bonds. The smallest absolute Gasteiger partial charge is 0.258 e. The number of benzene rings is 1. The summed E-state index contributed by atoms with van der Waals surface area (Å²) in [5.74, 6) is 1.00. The molecule has 1 aromatic rings. The van der Waals surface area contributed by atoms with Crippen molar-refractivity contribution in [3.63, 3.8) is 0 Å². The second-order valence-corrected chi connectivity index (χ2v) is 5.69. The van der Waals surface area contributed by atoms with E-state index in [1.807, 2.05) is 0 Å². The van der Waals surface area contributed by atoms with Crippen molar-refractivity contribution in [2.45, 2.75) is 39.2 Å². The number of nitrogens with one attached hydrogen (secondary N) is 1. The molecule has 0 saturated heterocycles. The van der Waals surface area contributed by atoms with E-state index in [9.17, 15) is 9.18 Å². The fourth-order valence-corrected chi connectivity index (χ4v) is 2.74. The third-order valence-corrected chi connectivity index (χ3v) is 4.22. The van der Waals surface area contributed by atoms with E-state index >= 15 is 0 Å². The Labute approximate surface area is 119 Å². The Morgan fingerprint density at radius 3 is 2.95 bits per heavy atom. The highest BCUT2D eigenvalue weighted by molar-refractivity contribution is 5.77. The topological polar surface area (TPSA) is 38.3 Å². The van der Waals surface area contributed by atoms with Crippen LogP contribution in [0.4, 0.5) is 4.39 Å². The van der Waals surface area contributed by atoms with E-state index in [0.29, 0.717) is 17.6 Å². The Kier molecular flexibility index (Phi) is 4.99. The summed E-state index contributed by atoms with van der Waals surface area (Å²) in [5, 5.41) is 3.03. The minimum Gasteiger partial charge on any atom is -0.484 e. The highest BCUT2D eigenvalue weighted by Crippen LogP contribution is 2.29. The van der Waals surface area contributed by atoms with Crippen LogP contribution >= 0.6 is 0 Å². The first-order valence-electron chi connectivity index (χ1n) is 7.24. The van der Waals surface area contributed by atoms with Crippen LogP contribution in [-0.2, 0) is 4.79 Å². The Balaban J connectivity index is 1.80. The lowest BCUT2D eigenvalue weighted by atomic mass is 9.78. The minimum absolute atomic E-state index is 0.0684. The summed E-state index contributed by atoms with van der Waals surface area (Å²) in [6.45, 7) is 4.34. The predicted molar refractivity (Wildman–Crippen MR) is 76.0 cm³/mol. The van der Waals surface area contributed by atoms with E-state index in [-0.39, 0.29) is 24.4 Å². The molecule has 0 aliphatic heterocycles. The number of carbonyl (C=O) groups is 1. The average molecular weight is 279 g/mol. The number of carbonyl (C=O) groups excluding carboxylic acids is 1. The molecule has 0 radical (unpaired) electrons. The third-order valence-electron chi connectivity index (χ3n) is 4.22. The van der Waals surface area contributed by atoms with E-state index in [1.54, 1.807) is 12.1 Å². The van der Waals surface area contributed by atoms with Crippen LogP contribution in [0.1, 0.15) is 33.1 Å². The van der Waals surface area contributed by atoms with Crippen molar-refractivity contribution in [3.05, 3.63) is 30.1 Å². The summed E-state index contributed by atoms with van der Waals surface area (Å²) in [7, 11) is 0. The first-order chi connectivity index (χ1) is 9.56. The van der Waals surface area contributed by atoms with Gasteiger partial charge in [-0.15, -0.1) is 0 Å². The van der Waals surface area contributed by atoms with Crippen LogP contribution in [-0.4, -0.2) is 18.6 Å². The average Bonchev–Trinajstić information content (AvgIpc) is 2.42. The largest absolute Gasteiger partial charge is 0.484 e. The van der Waals surface area contributed by atoms with Crippen molar-refractivity contribution < 1.29 is 13.9 Å². The Bertz CT molecular complexity index is 464. The zero-order valence-electron chi connectivity index (χ0n) is 12.1. The molecule has 1 aliphatic carbocycles. The molecule has 0 bridgehead atoms. The molecular formula is C16H22FNO2. The van der Waals surface area contributed by atoms with Gasteiger partial charge in [0.05, 0.1) is 0 Å². The number of ether oxygens (including phenoxy) is 1. The molecule has 0 heterocycles. The summed E-state index contributed by atoms with van der Waals surface area (Å²) >= 11 is 0. The lowest BCUT2D eigenvalue weighted by molar-refractivity contribution is -0.124. The second-order valence-electron chi connectivity index (χ2n) is 5.69. The fraction of sp³-hybridized carbons (Fsp3) is 0.562. The predicted octanol–water partition coefficient (Wildman–Crippen LogP) is 3.15. The molecule has 1 aromatic carbocycles. The van der Waals surface area contributed by atoms with Crippen molar-refractivity contribution in [2.24, 2.45) is 11.8 Å². The number of amides is 1. The van der Waals surface area contributed by atoms with Gasteiger partial charge in [0.1, 0.15) is 11.6 Å². The first kappa shape index (κ1) is 14.8. The molecule has 1 aliphatic rings. The molecule has 110 valence electrons. The van der Waals surface area contributed by atoms with Gasteiger partial charge in [-0.2, -0.15) is 0 Å². The van der Waals surface area contributed by atoms with Gasteiger partial charge in [0.25, 0.3) is 5.91 Å². The second kappa shape index (κ2) is 6.73. The normalized spacial score (nSPS) is 26.1. The van der Waals surface area contributed by atoms with Crippen LogP contribution in [0.5, 0.6) is 5.75 Å². The molecule has 2 rings (SSSR count). The summed E-state index contributed by atoms with van der Waals surface area (Å²) in [4.78, 5) is 11.9. The highest BCUT2D eigenvalue weighted by Gasteiger charge is 2.28. The van der Waals surface area contributed by atoms with Crippen molar-refractivity contribution in [1.29, 1.82) is 0 Å². The standard InChI is InChI=1S/C16H22FNO2/c1-11-5-3-8-15(12(11)2)18-16(19)10-20-14-7-4-6-13(17)9-14/h4,6-7,9,11-12,15H,3,5,8,10H2,1-2H3,(H,18,19). The first-order valence-corrected chi connectivity index (χ1v) is 7.24. The van der Waals surface area contributed by atoms with E-state index in [4.69, 9.17) is 4.74 Å². The van der Waals surface area contributed by atoms with Gasteiger partial charge < -0.3 is 10.1 Å². The maximum Gasteiger partial charge on any atom is 0.258 e. The number of halogens is 1. The lowest BCUT2D eigenvalue weighted by Gasteiger charge is -2.34. The van der Waals surface area contributed by atoms with E-state index in [2.05, 4.69) is 19.2 Å². The van der Waals surface area contributed by atoms with E-state index < -0.39 is 0 Å². The van der Waals surface area contributed by atoms with Crippen molar-refractivity contribution in [1.82, 2.24) is 5.32 Å². The lowest BCUT2D eigenvalue weighted by Crippen LogP contribution is -2.45. The van der Waals surface area contributed by atoms with Gasteiger partial charge in [-0.05, 0) is 30.4 Å². The summed E-state index contributed by atoms with van der Waals surface area (Å²) < 4.78 is 18.3. The molecule has 20 heavy (non-hydrogen) atoms. The van der Waals surface area contributed by atoms with Crippen LogP contribution in [0.25, 0.3) is 0 Å². The number of rotatable bonds is 4. The van der Waals surface area contributed by atoms with Gasteiger partial charge in [-0.3, -0.25) is 4.79 Å². The van der Waals surface area contributed by atoms with Crippen molar-refractivity contribution >= 4 is 5.91 Å².